The largest absolute Gasteiger partial charge is 0.321 e. The highest BCUT2D eigenvalue weighted by atomic mass is 32.2. The van der Waals surface area contributed by atoms with Gasteiger partial charge in [-0.2, -0.15) is 5.26 Å². The van der Waals surface area contributed by atoms with Crippen molar-refractivity contribution in [2.75, 3.05) is 11.1 Å². The third-order valence-corrected chi connectivity index (χ3v) is 5.27. The molecular formula is C22H15F4N3OS. The molecule has 0 unspecified atom stereocenters. The highest BCUT2D eigenvalue weighted by molar-refractivity contribution is 7.99. The molecule has 1 amide bonds. The van der Waals surface area contributed by atoms with Gasteiger partial charge >= 0.3 is 0 Å². The molecule has 0 saturated carbocycles. The molecule has 0 radical (unpaired) electrons. The minimum Gasteiger partial charge on any atom is -0.321 e. The molecule has 4 nitrogen and oxygen atoms in total. The number of benzene rings is 2. The number of thioether (sulfide) groups is 1. The monoisotopic (exact) mass is 445 g/mol. The second kappa shape index (κ2) is 9.62. The Labute approximate surface area is 179 Å². The molecule has 158 valence electrons. The number of nitriles is 1. The van der Waals surface area contributed by atoms with Gasteiger partial charge in [0.2, 0.25) is 5.91 Å². The summed E-state index contributed by atoms with van der Waals surface area (Å²) >= 11 is 1.11. The van der Waals surface area contributed by atoms with E-state index in [-0.39, 0.29) is 18.2 Å². The number of anilines is 1. The van der Waals surface area contributed by atoms with Crippen LogP contribution in [0.25, 0.3) is 11.3 Å². The number of pyridine rings is 1. The van der Waals surface area contributed by atoms with Crippen molar-refractivity contribution in [1.82, 2.24) is 4.98 Å². The molecule has 0 aliphatic carbocycles. The fourth-order valence-electron chi connectivity index (χ4n) is 2.65. The van der Waals surface area contributed by atoms with Crippen molar-refractivity contribution in [3.63, 3.8) is 0 Å². The van der Waals surface area contributed by atoms with E-state index >= 15 is 0 Å². The summed E-state index contributed by atoms with van der Waals surface area (Å²) < 4.78 is 53.8. The van der Waals surface area contributed by atoms with Crippen LogP contribution in [0.15, 0.2) is 47.5 Å². The lowest BCUT2D eigenvalue weighted by molar-refractivity contribution is -0.115. The molecule has 3 rings (SSSR count). The Morgan fingerprint density at radius 1 is 1.06 bits per heavy atom. The molecule has 0 bridgehead atoms. The number of hydrogen-bond donors (Lipinski definition) is 1. The summed E-state index contributed by atoms with van der Waals surface area (Å²) in [6.45, 7) is 1.96. The van der Waals surface area contributed by atoms with E-state index in [0.717, 1.165) is 22.9 Å². The Kier molecular flexibility index (Phi) is 6.92. The second-order valence-electron chi connectivity index (χ2n) is 6.52. The normalized spacial score (nSPS) is 10.6. The van der Waals surface area contributed by atoms with E-state index in [1.165, 1.54) is 0 Å². The number of aryl methyl sites for hydroxylation is 1. The maximum absolute atomic E-state index is 13.7. The zero-order valence-corrected chi connectivity index (χ0v) is 17.0. The van der Waals surface area contributed by atoms with Crippen molar-refractivity contribution in [2.24, 2.45) is 0 Å². The third kappa shape index (κ3) is 5.22. The molecule has 0 aliphatic rings. The second-order valence-corrected chi connectivity index (χ2v) is 7.60. The molecule has 31 heavy (non-hydrogen) atoms. The molecule has 0 spiro atoms. The Morgan fingerprint density at radius 2 is 1.71 bits per heavy atom. The van der Waals surface area contributed by atoms with Crippen molar-refractivity contribution in [2.45, 2.75) is 18.4 Å². The predicted molar refractivity (Wildman–Crippen MR) is 109 cm³/mol. The molecule has 0 fully saturated rings. The van der Waals surface area contributed by atoms with Gasteiger partial charge in [0.15, 0.2) is 23.3 Å². The number of carbonyl (C=O) groups excluding carboxylic acids is 1. The van der Waals surface area contributed by atoms with Crippen LogP contribution >= 0.6 is 11.8 Å². The highest BCUT2D eigenvalue weighted by Gasteiger charge is 2.21. The molecular weight excluding hydrogens is 430 g/mol. The first kappa shape index (κ1) is 22.3. The van der Waals surface area contributed by atoms with Crippen LogP contribution in [0, 0.1) is 41.5 Å². The van der Waals surface area contributed by atoms with Crippen molar-refractivity contribution in [1.29, 1.82) is 5.26 Å². The predicted octanol–water partition coefficient (Wildman–Crippen LogP) is 5.61. The molecule has 1 heterocycles. The summed E-state index contributed by atoms with van der Waals surface area (Å²) in [4.78, 5) is 16.5. The van der Waals surface area contributed by atoms with Gasteiger partial charge in [0, 0.05) is 23.8 Å². The lowest BCUT2D eigenvalue weighted by Gasteiger charge is -2.09. The first-order valence-corrected chi connectivity index (χ1v) is 10.0. The molecule has 2 aromatic carbocycles. The maximum Gasteiger partial charge on any atom is 0.225 e. The topological polar surface area (TPSA) is 65.8 Å². The number of carbonyl (C=O) groups is 1. The quantitative estimate of drug-likeness (QED) is 0.304. The number of nitrogens with one attached hydrogen (secondary N) is 1. The van der Waals surface area contributed by atoms with Crippen molar-refractivity contribution in [3.8, 4) is 17.3 Å². The van der Waals surface area contributed by atoms with Gasteiger partial charge < -0.3 is 5.32 Å². The maximum atomic E-state index is 13.7. The molecule has 1 aromatic heterocycles. The number of halogens is 4. The molecule has 0 saturated heterocycles. The summed E-state index contributed by atoms with van der Waals surface area (Å²) in [6.07, 6.45) is -0.233. The Hall–Kier alpha value is -3.38. The van der Waals surface area contributed by atoms with Gasteiger partial charge in [-0.1, -0.05) is 29.8 Å². The van der Waals surface area contributed by atoms with Crippen LogP contribution in [0.5, 0.6) is 0 Å². The number of hydrogen-bond acceptors (Lipinski definition) is 4. The standard InChI is InChI=1S/C22H15F4N3OS/c1-12-2-4-13(5-3-12)17-7-6-14(11-27)22(28-17)31-9-8-18(30)29-21-19(25)15(23)10-16(24)20(21)26/h2-7,10H,8-9H2,1H3,(H,29,30). The van der Waals surface area contributed by atoms with E-state index < -0.39 is 34.9 Å². The van der Waals surface area contributed by atoms with Gasteiger partial charge in [-0.05, 0) is 19.1 Å². The van der Waals surface area contributed by atoms with E-state index in [1.807, 2.05) is 42.6 Å². The van der Waals surface area contributed by atoms with Gasteiger partial charge in [-0.25, -0.2) is 22.5 Å². The lowest BCUT2D eigenvalue weighted by Crippen LogP contribution is -2.16. The SMILES string of the molecule is Cc1ccc(-c2ccc(C#N)c(SCCC(=O)Nc3c(F)c(F)cc(F)c3F)n2)cc1. The van der Waals surface area contributed by atoms with Gasteiger partial charge in [0.05, 0.1) is 11.3 Å². The molecule has 3 aromatic rings. The van der Waals surface area contributed by atoms with E-state index in [4.69, 9.17) is 0 Å². The number of aromatic nitrogens is 1. The fourth-order valence-corrected chi connectivity index (χ4v) is 3.56. The van der Waals surface area contributed by atoms with E-state index in [9.17, 15) is 27.6 Å². The van der Waals surface area contributed by atoms with Gasteiger partial charge in [-0.15, -0.1) is 11.8 Å². The average Bonchev–Trinajstić information content (AvgIpc) is 2.76. The summed E-state index contributed by atoms with van der Waals surface area (Å²) in [5, 5.41) is 11.5. The van der Waals surface area contributed by atoms with Crippen molar-refractivity contribution >= 4 is 23.4 Å². The molecule has 0 atom stereocenters. The smallest absolute Gasteiger partial charge is 0.225 e. The first-order chi connectivity index (χ1) is 14.8. The summed E-state index contributed by atoms with van der Waals surface area (Å²) in [6, 6.07) is 13.1. The summed E-state index contributed by atoms with van der Waals surface area (Å²) in [5.74, 6) is -7.31. The zero-order chi connectivity index (χ0) is 22.5. The Morgan fingerprint density at radius 3 is 2.32 bits per heavy atom. The Bertz CT molecular complexity index is 1150. The van der Waals surface area contributed by atoms with Crippen LogP contribution in [-0.4, -0.2) is 16.6 Å². The summed E-state index contributed by atoms with van der Waals surface area (Å²) in [7, 11) is 0. The van der Waals surface area contributed by atoms with Crippen LogP contribution in [0.3, 0.4) is 0 Å². The first-order valence-electron chi connectivity index (χ1n) is 9.04. The van der Waals surface area contributed by atoms with Gasteiger partial charge in [0.1, 0.15) is 16.8 Å². The number of nitrogens with zero attached hydrogens (tertiary/aromatic N) is 2. The number of rotatable bonds is 6. The average molecular weight is 445 g/mol. The molecule has 9 heteroatoms. The van der Waals surface area contributed by atoms with Crippen molar-refractivity contribution in [3.05, 3.63) is 76.9 Å². The van der Waals surface area contributed by atoms with Crippen LogP contribution in [0.4, 0.5) is 23.2 Å². The molecule has 0 aliphatic heterocycles. The van der Waals surface area contributed by atoms with E-state index in [1.54, 1.807) is 12.1 Å². The van der Waals surface area contributed by atoms with Crippen molar-refractivity contribution < 1.29 is 22.4 Å². The Balaban J connectivity index is 1.69. The molecule has 1 N–H and O–H groups in total. The minimum atomic E-state index is -1.68. The lowest BCUT2D eigenvalue weighted by atomic mass is 10.1. The fraction of sp³-hybridized carbons (Fsp3) is 0.136. The van der Waals surface area contributed by atoms with Crippen LogP contribution in [0.1, 0.15) is 17.5 Å². The number of amides is 1. The summed E-state index contributed by atoms with van der Waals surface area (Å²) in [5.41, 5.74) is 1.72. The van der Waals surface area contributed by atoms with Gasteiger partial charge in [-0.3, -0.25) is 4.79 Å². The van der Waals surface area contributed by atoms with E-state index in [0.29, 0.717) is 16.3 Å². The van der Waals surface area contributed by atoms with Gasteiger partial charge in [0.25, 0.3) is 0 Å². The minimum absolute atomic E-state index is 0.0618. The van der Waals surface area contributed by atoms with Crippen LogP contribution < -0.4 is 5.32 Å². The van der Waals surface area contributed by atoms with E-state index in [2.05, 4.69) is 4.98 Å². The van der Waals surface area contributed by atoms with Crippen LogP contribution in [0.2, 0.25) is 0 Å². The third-order valence-electron chi connectivity index (χ3n) is 4.27. The van der Waals surface area contributed by atoms with Crippen LogP contribution in [-0.2, 0) is 4.79 Å². The zero-order valence-electron chi connectivity index (χ0n) is 16.2. The highest BCUT2D eigenvalue weighted by Crippen LogP contribution is 2.27.